The zero-order valence-electron chi connectivity index (χ0n) is 19.5. The van der Waals surface area contributed by atoms with E-state index in [4.69, 9.17) is 4.74 Å². The highest BCUT2D eigenvalue weighted by molar-refractivity contribution is 6.00. The van der Waals surface area contributed by atoms with Gasteiger partial charge in [0.15, 0.2) is 0 Å². The SMILES string of the molecule is CCCCOC(=O)NCCCCCCc1cccc2c1n(C)c(=O)n2C1CCC(=O)NC1=O. The molecular formula is C24H34N4O5. The third-order valence-corrected chi connectivity index (χ3v) is 6.08. The number of unbranched alkanes of at least 4 members (excludes halogenated alkanes) is 4. The van der Waals surface area contributed by atoms with Crippen LogP contribution in [0.15, 0.2) is 23.0 Å². The number of carbonyl (C=O) groups is 3. The molecule has 0 aliphatic carbocycles. The van der Waals surface area contributed by atoms with Gasteiger partial charge in [0.25, 0.3) is 0 Å². The number of nitrogens with zero attached hydrogens (tertiary/aromatic N) is 2. The summed E-state index contributed by atoms with van der Waals surface area (Å²) >= 11 is 0. The van der Waals surface area contributed by atoms with Crippen molar-refractivity contribution in [2.45, 2.75) is 70.8 Å². The van der Waals surface area contributed by atoms with E-state index < -0.39 is 11.9 Å². The lowest BCUT2D eigenvalue weighted by atomic mass is 10.0. The summed E-state index contributed by atoms with van der Waals surface area (Å²) in [5.74, 6) is -0.720. The molecule has 1 saturated heterocycles. The Morgan fingerprint density at radius 3 is 2.70 bits per heavy atom. The molecule has 2 heterocycles. The average Bonchev–Trinajstić information content (AvgIpc) is 3.04. The van der Waals surface area contributed by atoms with Gasteiger partial charge in [0.05, 0.1) is 17.6 Å². The third-order valence-electron chi connectivity index (χ3n) is 6.08. The van der Waals surface area contributed by atoms with Crippen molar-refractivity contribution in [3.05, 3.63) is 34.2 Å². The topological polar surface area (TPSA) is 111 Å². The Hall–Kier alpha value is -3.10. The number of rotatable bonds is 11. The summed E-state index contributed by atoms with van der Waals surface area (Å²) in [6.45, 7) is 3.11. The Balaban J connectivity index is 1.55. The van der Waals surface area contributed by atoms with Crippen LogP contribution in [0.3, 0.4) is 0 Å². The number of hydrogen-bond acceptors (Lipinski definition) is 5. The van der Waals surface area contributed by atoms with Gasteiger partial charge in [0.1, 0.15) is 6.04 Å². The number of aryl methyl sites for hydroxylation is 2. The number of hydrogen-bond donors (Lipinski definition) is 2. The fraction of sp³-hybridized carbons (Fsp3) is 0.583. The first kappa shape index (κ1) is 24.5. The Labute approximate surface area is 193 Å². The van der Waals surface area contributed by atoms with Crippen LogP contribution in [0.2, 0.25) is 0 Å². The van der Waals surface area contributed by atoms with Crippen LogP contribution in [0.4, 0.5) is 4.79 Å². The Morgan fingerprint density at radius 1 is 1.15 bits per heavy atom. The molecule has 1 aromatic heterocycles. The number of imidazole rings is 1. The standard InChI is InChI=1S/C24H34N4O5/c1-3-4-16-33-23(31)25-15-8-6-5-7-10-17-11-9-12-18-21(17)27(2)24(32)28(18)19-13-14-20(29)26-22(19)30/h9,11-12,19H,3-8,10,13-16H2,1-2H3,(H,25,31)(H,26,29,30). The maximum atomic E-state index is 13.0. The van der Waals surface area contributed by atoms with Crippen LogP contribution in [-0.4, -0.2) is 40.2 Å². The van der Waals surface area contributed by atoms with Gasteiger partial charge in [-0.2, -0.15) is 0 Å². The zero-order chi connectivity index (χ0) is 23.8. The quantitative estimate of drug-likeness (QED) is 0.397. The number of carbonyl (C=O) groups excluding carboxylic acids is 3. The minimum atomic E-state index is -0.671. The summed E-state index contributed by atoms with van der Waals surface area (Å²) < 4.78 is 8.19. The van der Waals surface area contributed by atoms with Gasteiger partial charge in [0.2, 0.25) is 11.8 Å². The number of ether oxygens (including phenoxy) is 1. The van der Waals surface area contributed by atoms with E-state index in [0.29, 0.717) is 19.6 Å². The Morgan fingerprint density at radius 2 is 1.94 bits per heavy atom. The fourth-order valence-corrected chi connectivity index (χ4v) is 4.30. The number of alkyl carbamates (subject to hydrolysis) is 1. The summed E-state index contributed by atoms with van der Waals surface area (Å²) in [7, 11) is 1.72. The molecule has 2 N–H and O–H groups in total. The summed E-state index contributed by atoms with van der Waals surface area (Å²) in [5, 5.41) is 5.11. The highest BCUT2D eigenvalue weighted by atomic mass is 16.5. The number of amides is 3. The Kier molecular flexibility index (Phi) is 8.68. The van der Waals surface area contributed by atoms with Crippen LogP contribution < -0.4 is 16.3 Å². The predicted octanol–water partition coefficient (Wildman–Crippen LogP) is 2.95. The summed E-state index contributed by atoms with van der Waals surface area (Å²) in [6.07, 6.45) is 6.73. The third kappa shape index (κ3) is 6.03. The van der Waals surface area contributed by atoms with Crippen LogP contribution in [0.25, 0.3) is 11.0 Å². The minimum absolute atomic E-state index is 0.226. The number of aromatic nitrogens is 2. The Bertz CT molecular complexity index is 1060. The van der Waals surface area contributed by atoms with Gasteiger partial charge in [-0.1, -0.05) is 38.3 Å². The van der Waals surface area contributed by atoms with Crippen LogP contribution in [0.5, 0.6) is 0 Å². The van der Waals surface area contributed by atoms with Crippen LogP contribution in [0.1, 0.15) is 69.9 Å². The van der Waals surface area contributed by atoms with Crippen molar-refractivity contribution in [2.24, 2.45) is 7.05 Å². The van der Waals surface area contributed by atoms with Gasteiger partial charge in [-0.25, -0.2) is 9.59 Å². The molecule has 3 amide bonds. The maximum absolute atomic E-state index is 13.0. The van der Waals surface area contributed by atoms with Crippen LogP contribution in [-0.2, 0) is 27.8 Å². The molecule has 0 bridgehead atoms. The van der Waals surface area contributed by atoms with Crippen molar-refractivity contribution in [3.63, 3.8) is 0 Å². The molecule has 3 rings (SSSR count). The van der Waals surface area contributed by atoms with E-state index in [1.54, 1.807) is 11.6 Å². The van der Waals surface area contributed by atoms with E-state index in [-0.39, 0.29) is 24.1 Å². The number of fused-ring (bicyclic) bond motifs is 1. The lowest BCUT2D eigenvalue weighted by Crippen LogP contribution is -2.44. The molecular weight excluding hydrogens is 424 g/mol. The van der Waals surface area contributed by atoms with Crippen molar-refractivity contribution < 1.29 is 19.1 Å². The lowest BCUT2D eigenvalue weighted by molar-refractivity contribution is -0.135. The van der Waals surface area contributed by atoms with Crippen molar-refractivity contribution in [3.8, 4) is 0 Å². The normalized spacial score (nSPS) is 16.1. The monoisotopic (exact) mass is 458 g/mol. The fourth-order valence-electron chi connectivity index (χ4n) is 4.30. The van der Waals surface area contributed by atoms with E-state index in [1.807, 2.05) is 18.2 Å². The molecule has 0 radical (unpaired) electrons. The second-order valence-electron chi connectivity index (χ2n) is 8.54. The first-order chi connectivity index (χ1) is 15.9. The largest absolute Gasteiger partial charge is 0.450 e. The smallest absolute Gasteiger partial charge is 0.407 e. The van der Waals surface area contributed by atoms with Crippen LogP contribution >= 0.6 is 0 Å². The molecule has 33 heavy (non-hydrogen) atoms. The van der Waals surface area contributed by atoms with Gasteiger partial charge in [-0.3, -0.25) is 24.0 Å². The highest BCUT2D eigenvalue weighted by Gasteiger charge is 2.31. The van der Waals surface area contributed by atoms with Crippen molar-refractivity contribution in [1.29, 1.82) is 0 Å². The second-order valence-corrected chi connectivity index (χ2v) is 8.54. The molecule has 1 fully saturated rings. The number of para-hydroxylation sites is 1. The molecule has 0 saturated carbocycles. The van der Waals surface area contributed by atoms with E-state index in [0.717, 1.165) is 61.5 Å². The highest BCUT2D eigenvalue weighted by Crippen LogP contribution is 2.25. The molecule has 180 valence electrons. The molecule has 0 spiro atoms. The molecule has 1 aliphatic rings. The van der Waals surface area contributed by atoms with Gasteiger partial charge < -0.3 is 10.1 Å². The first-order valence-electron chi connectivity index (χ1n) is 11.9. The summed E-state index contributed by atoms with van der Waals surface area (Å²) in [6, 6.07) is 5.11. The van der Waals surface area contributed by atoms with E-state index in [9.17, 15) is 19.2 Å². The van der Waals surface area contributed by atoms with E-state index in [2.05, 4.69) is 17.6 Å². The predicted molar refractivity (Wildman–Crippen MR) is 125 cm³/mol. The van der Waals surface area contributed by atoms with Crippen molar-refractivity contribution in [2.75, 3.05) is 13.2 Å². The summed E-state index contributed by atoms with van der Waals surface area (Å²) in [4.78, 5) is 48.4. The average molecular weight is 459 g/mol. The van der Waals surface area contributed by atoms with Crippen LogP contribution in [0, 0.1) is 0 Å². The molecule has 1 unspecified atom stereocenters. The lowest BCUT2D eigenvalue weighted by Gasteiger charge is -2.21. The first-order valence-corrected chi connectivity index (χ1v) is 11.9. The van der Waals surface area contributed by atoms with E-state index in [1.165, 1.54) is 4.57 Å². The number of nitrogens with one attached hydrogen (secondary N) is 2. The van der Waals surface area contributed by atoms with E-state index >= 15 is 0 Å². The molecule has 9 heteroatoms. The number of benzene rings is 1. The molecule has 1 atom stereocenters. The molecule has 2 aromatic rings. The van der Waals surface area contributed by atoms with Gasteiger partial charge in [0, 0.05) is 20.0 Å². The van der Waals surface area contributed by atoms with Crippen molar-refractivity contribution >= 4 is 28.9 Å². The second kappa shape index (κ2) is 11.7. The van der Waals surface area contributed by atoms with Gasteiger partial charge in [-0.15, -0.1) is 0 Å². The van der Waals surface area contributed by atoms with Gasteiger partial charge >= 0.3 is 11.8 Å². The summed E-state index contributed by atoms with van der Waals surface area (Å²) in [5.41, 5.74) is 2.38. The number of imide groups is 1. The number of piperidine rings is 1. The minimum Gasteiger partial charge on any atom is -0.450 e. The zero-order valence-corrected chi connectivity index (χ0v) is 19.5. The molecule has 9 nitrogen and oxygen atoms in total. The van der Waals surface area contributed by atoms with Crippen molar-refractivity contribution in [1.82, 2.24) is 19.8 Å². The molecule has 1 aliphatic heterocycles. The maximum Gasteiger partial charge on any atom is 0.407 e. The molecule has 1 aromatic carbocycles. The van der Waals surface area contributed by atoms with Gasteiger partial charge in [-0.05, 0) is 43.7 Å².